The summed E-state index contributed by atoms with van der Waals surface area (Å²) in [6.45, 7) is 8.89. The van der Waals surface area contributed by atoms with Gasteiger partial charge in [-0.1, -0.05) is 38.5 Å². The molecule has 0 unspecified atom stereocenters. The van der Waals surface area contributed by atoms with Gasteiger partial charge in [-0.15, -0.1) is 0 Å². The Morgan fingerprint density at radius 1 is 1.04 bits per heavy atom. The van der Waals surface area contributed by atoms with Crippen molar-refractivity contribution in [2.75, 3.05) is 25.0 Å². The first-order valence-corrected chi connectivity index (χ1v) is 9.35. The number of benzene rings is 1. The minimum Gasteiger partial charge on any atom is -0.376 e. The van der Waals surface area contributed by atoms with E-state index in [4.69, 9.17) is 0 Å². The van der Waals surface area contributed by atoms with Crippen molar-refractivity contribution < 1.29 is 14.4 Å². The lowest BCUT2D eigenvalue weighted by atomic mass is 9.91. The fourth-order valence-electron chi connectivity index (χ4n) is 2.95. The Morgan fingerprint density at radius 2 is 1.63 bits per heavy atom. The molecule has 148 valence electrons. The number of anilines is 1. The maximum Gasteiger partial charge on any atom is 0.257 e. The first-order valence-electron chi connectivity index (χ1n) is 9.35. The van der Waals surface area contributed by atoms with Gasteiger partial charge >= 0.3 is 0 Å². The van der Waals surface area contributed by atoms with Gasteiger partial charge in [-0.2, -0.15) is 0 Å². The molecule has 7 heteroatoms. The number of carbonyl (C=O) groups excluding carboxylic acids is 3. The third-order valence-electron chi connectivity index (χ3n) is 4.62. The van der Waals surface area contributed by atoms with E-state index >= 15 is 0 Å². The summed E-state index contributed by atoms with van der Waals surface area (Å²) in [6, 6.07) is 7.71. The number of carbonyl (C=O) groups is 3. The number of rotatable bonds is 4. The number of amides is 3. The molecule has 1 aromatic rings. The molecule has 27 heavy (non-hydrogen) atoms. The predicted octanol–water partition coefficient (Wildman–Crippen LogP) is 1.84. The molecule has 3 N–H and O–H groups in total. The fourth-order valence-corrected chi connectivity index (χ4v) is 2.95. The molecule has 0 atom stereocenters. The zero-order valence-corrected chi connectivity index (χ0v) is 16.6. The fraction of sp³-hybridized carbons (Fsp3) is 0.550. The molecule has 1 heterocycles. The number of nitrogens with one attached hydrogen (secondary N) is 3. The van der Waals surface area contributed by atoms with Crippen LogP contribution in [-0.2, 0) is 14.4 Å². The van der Waals surface area contributed by atoms with Gasteiger partial charge in [0.1, 0.15) is 0 Å². The Kier molecular flexibility index (Phi) is 6.82. The van der Waals surface area contributed by atoms with Gasteiger partial charge in [-0.05, 0) is 31.9 Å². The summed E-state index contributed by atoms with van der Waals surface area (Å²) in [5.74, 6) is -0.609. The van der Waals surface area contributed by atoms with Crippen LogP contribution in [0.15, 0.2) is 24.3 Å². The van der Waals surface area contributed by atoms with Crippen molar-refractivity contribution in [3.8, 4) is 0 Å². The molecular weight excluding hydrogens is 344 g/mol. The number of piperidine rings is 1. The molecule has 1 fully saturated rings. The van der Waals surface area contributed by atoms with E-state index in [2.05, 4.69) is 16.2 Å². The average Bonchev–Trinajstić information content (AvgIpc) is 2.64. The molecule has 0 radical (unpaired) electrons. The highest BCUT2D eigenvalue weighted by Crippen LogP contribution is 2.23. The van der Waals surface area contributed by atoms with Gasteiger partial charge in [0.2, 0.25) is 11.8 Å². The number of hydrazine groups is 1. The summed E-state index contributed by atoms with van der Waals surface area (Å²) in [5.41, 5.74) is 6.51. The van der Waals surface area contributed by atoms with E-state index in [1.54, 1.807) is 0 Å². The molecule has 1 saturated heterocycles. The number of hydrogen-bond donors (Lipinski definition) is 3. The van der Waals surface area contributed by atoms with Crippen LogP contribution in [0, 0.1) is 18.3 Å². The lowest BCUT2D eigenvalue weighted by molar-refractivity contribution is -0.142. The highest BCUT2D eigenvalue weighted by molar-refractivity contribution is 5.86. The first kappa shape index (κ1) is 20.7. The van der Waals surface area contributed by atoms with Crippen LogP contribution in [-0.4, -0.2) is 42.3 Å². The quantitative estimate of drug-likeness (QED) is 0.702. The van der Waals surface area contributed by atoms with Gasteiger partial charge in [-0.3, -0.25) is 25.2 Å². The zero-order chi connectivity index (χ0) is 20.0. The Morgan fingerprint density at radius 3 is 2.19 bits per heavy atom. The number of nitrogens with zero attached hydrogens (tertiary/aromatic N) is 1. The molecule has 0 spiro atoms. The summed E-state index contributed by atoms with van der Waals surface area (Å²) in [4.78, 5) is 38.2. The summed E-state index contributed by atoms with van der Waals surface area (Å²) >= 11 is 0. The van der Waals surface area contributed by atoms with Gasteiger partial charge in [-0.25, -0.2) is 0 Å². The Balaban J connectivity index is 1.69. The van der Waals surface area contributed by atoms with Crippen LogP contribution in [0.5, 0.6) is 0 Å². The van der Waals surface area contributed by atoms with Crippen molar-refractivity contribution in [3.05, 3.63) is 29.8 Å². The minimum absolute atomic E-state index is 0.0713. The zero-order valence-electron chi connectivity index (χ0n) is 16.6. The van der Waals surface area contributed by atoms with E-state index in [0.29, 0.717) is 25.9 Å². The number of hydrogen-bond acceptors (Lipinski definition) is 4. The molecule has 1 aliphatic rings. The Labute approximate surface area is 160 Å². The van der Waals surface area contributed by atoms with E-state index in [1.807, 2.05) is 56.9 Å². The van der Waals surface area contributed by atoms with E-state index in [9.17, 15) is 14.4 Å². The van der Waals surface area contributed by atoms with Crippen molar-refractivity contribution in [2.45, 2.75) is 40.5 Å². The van der Waals surface area contributed by atoms with Crippen LogP contribution in [0.3, 0.4) is 0 Å². The van der Waals surface area contributed by atoms with Crippen LogP contribution >= 0.6 is 0 Å². The second-order valence-electron chi connectivity index (χ2n) is 8.07. The van der Waals surface area contributed by atoms with Gasteiger partial charge in [0, 0.05) is 30.1 Å². The van der Waals surface area contributed by atoms with Crippen LogP contribution in [0.2, 0.25) is 0 Å². The second kappa shape index (κ2) is 8.88. The monoisotopic (exact) mass is 374 g/mol. The van der Waals surface area contributed by atoms with Crippen molar-refractivity contribution in [3.63, 3.8) is 0 Å². The topological polar surface area (TPSA) is 90.5 Å². The molecule has 0 aromatic heterocycles. The molecule has 3 amide bonds. The summed E-state index contributed by atoms with van der Waals surface area (Å²) < 4.78 is 0. The number of aryl methyl sites for hydroxylation is 1. The smallest absolute Gasteiger partial charge is 0.257 e. The van der Waals surface area contributed by atoms with Gasteiger partial charge in [0.05, 0.1) is 6.54 Å². The van der Waals surface area contributed by atoms with Crippen molar-refractivity contribution in [2.24, 2.45) is 11.3 Å². The molecule has 2 rings (SSSR count). The molecule has 1 aliphatic heterocycles. The molecule has 0 saturated carbocycles. The van der Waals surface area contributed by atoms with Crippen LogP contribution in [0.1, 0.15) is 39.2 Å². The maximum atomic E-state index is 12.3. The molecular formula is C20H30N4O3. The normalized spacial score (nSPS) is 15.2. The Hall–Kier alpha value is -2.57. The minimum atomic E-state index is -0.409. The van der Waals surface area contributed by atoms with Crippen LogP contribution in [0.4, 0.5) is 5.69 Å². The first-order chi connectivity index (χ1) is 12.7. The largest absolute Gasteiger partial charge is 0.376 e. The predicted molar refractivity (Wildman–Crippen MR) is 105 cm³/mol. The van der Waals surface area contributed by atoms with Crippen LogP contribution < -0.4 is 16.2 Å². The number of likely N-dealkylation sites (tertiary alicyclic amines) is 1. The van der Waals surface area contributed by atoms with E-state index in [-0.39, 0.29) is 30.2 Å². The molecule has 0 bridgehead atoms. The summed E-state index contributed by atoms with van der Waals surface area (Å²) in [6.07, 6.45) is 1.20. The highest BCUT2D eigenvalue weighted by atomic mass is 16.2. The van der Waals surface area contributed by atoms with Crippen molar-refractivity contribution in [1.29, 1.82) is 0 Å². The lowest BCUT2D eigenvalue weighted by Crippen LogP contribution is -2.50. The molecule has 1 aromatic carbocycles. The standard InChI is InChI=1S/C20H30N4O3/c1-14-5-7-16(8-6-14)21-13-17(25)22-23-18(26)15-9-11-24(12-10-15)19(27)20(2,3)4/h5-8,15,21H,9-13H2,1-4H3,(H,22,25)(H,23,26). The molecule has 7 nitrogen and oxygen atoms in total. The Bertz CT molecular complexity index is 671. The highest BCUT2D eigenvalue weighted by Gasteiger charge is 2.32. The van der Waals surface area contributed by atoms with Crippen molar-refractivity contribution in [1.82, 2.24) is 15.8 Å². The SMILES string of the molecule is Cc1ccc(NCC(=O)NNC(=O)C2CCN(C(=O)C(C)(C)C)CC2)cc1. The second-order valence-corrected chi connectivity index (χ2v) is 8.07. The van der Waals surface area contributed by atoms with E-state index in [1.165, 1.54) is 0 Å². The average molecular weight is 374 g/mol. The third-order valence-corrected chi connectivity index (χ3v) is 4.62. The van der Waals surface area contributed by atoms with E-state index in [0.717, 1.165) is 11.3 Å². The lowest BCUT2D eigenvalue weighted by Gasteiger charge is -2.35. The van der Waals surface area contributed by atoms with Gasteiger partial charge in [0.15, 0.2) is 0 Å². The maximum absolute atomic E-state index is 12.3. The van der Waals surface area contributed by atoms with Crippen molar-refractivity contribution >= 4 is 23.4 Å². The van der Waals surface area contributed by atoms with Gasteiger partial charge < -0.3 is 10.2 Å². The third kappa shape index (κ3) is 6.27. The summed E-state index contributed by atoms with van der Waals surface area (Å²) in [5, 5.41) is 3.00. The van der Waals surface area contributed by atoms with E-state index < -0.39 is 5.41 Å². The van der Waals surface area contributed by atoms with Gasteiger partial charge in [0.25, 0.3) is 5.91 Å². The summed E-state index contributed by atoms with van der Waals surface area (Å²) in [7, 11) is 0. The van der Waals surface area contributed by atoms with Crippen LogP contribution in [0.25, 0.3) is 0 Å². The molecule has 0 aliphatic carbocycles.